The van der Waals surface area contributed by atoms with Gasteiger partial charge in [0.05, 0.1) is 28.4 Å². The minimum absolute atomic E-state index is 0.0570. The predicted molar refractivity (Wildman–Crippen MR) is 149 cm³/mol. The highest BCUT2D eigenvalue weighted by molar-refractivity contribution is 5.98. The Labute approximate surface area is 227 Å². The maximum absolute atomic E-state index is 13.3. The third kappa shape index (κ3) is 5.47. The topological polar surface area (TPSA) is 101 Å². The second-order valence-corrected chi connectivity index (χ2v) is 10.9. The first-order valence-corrected chi connectivity index (χ1v) is 13.9. The Hall–Kier alpha value is -3.91. The summed E-state index contributed by atoms with van der Waals surface area (Å²) in [7, 11) is 0. The standard InChI is InChI=1S/C31H34N4O4/c36-30(32-25-5-4-15-34(19-25)18-21-8-10-22(11-9-21)31(37)38)23-12-13-28-27(17-23)33-29(24-14-16-39-20-24)35(28)26-6-2-1-3-7-26/h8-14,16-17,20,25-26H,1-7,15,18-19H2,(H,32,36)(H,37,38). The number of hydrogen-bond acceptors (Lipinski definition) is 5. The summed E-state index contributed by atoms with van der Waals surface area (Å²) in [6, 6.07) is 15.3. The number of imidazole rings is 1. The van der Waals surface area contributed by atoms with E-state index in [1.165, 1.54) is 19.3 Å². The van der Waals surface area contributed by atoms with E-state index in [-0.39, 0.29) is 11.9 Å². The van der Waals surface area contributed by atoms with Gasteiger partial charge in [0.1, 0.15) is 12.1 Å². The van der Waals surface area contributed by atoms with E-state index >= 15 is 0 Å². The molecule has 1 aliphatic carbocycles. The quantitative estimate of drug-likeness (QED) is 0.311. The number of hydrogen-bond donors (Lipinski definition) is 2. The number of nitrogens with zero attached hydrogens (tertiary/aromatic N) is 3. The van der Waals surface area contributed by atoms with Crippen molar-refractivity contribution in [2.24, 2.45) is 0 Å². The molecule has 1 saturated heterocycles. The van der Waals surface area contributed by atoms with Crippen molar-refractivity contribution in [3.8, 4) is 11.4 Å². The molecule has 2 N–H and O–H groups in total. The number of aromatic nitrogens is 2. The van der Waals surface area contributed by atoms with Crippen molar-refractivity contribution in [1.29, 1.82) is 0 Å². The molecular formula is C31H34N4O4. The average Bonchev–Trinajstić information content (AvgIpc) is 3.62. The van der Waals surface area contributed by atoms with Crippen LogP contribution < -0.4 is 5.32 Å². The van der Waals surface area contributed by atoms with Crippen LogP contribution in [0, 0.1) is 0 Å². The van der Waals surface area contributed by atoms with E-state index in [4.69, 9.17) is 14.5 Å². The molecule has 1 unspecified atom stereocenters. The number of carbonyl (C=O) groups excluding carboxylic acids is 1. The lowest BCUT2D eigenvalue weighted by Gasteiger charge is -2.33. The number of nitrogens with one attached hydrogen (secondary N) is 1. The molecule has 1 atom stereocenters. The number of amides is 1. The first kappa shape index (κ1) is 25.4. The molecule has 0 spiro atoms. The number of likely N-dealkylation sites (tertiary alicyclic amines) is 1. The van der Waals surface area contributed by atoms with Gasteiger partial charge in [0.25, 0.3) is 5.91 Å². The van der Waals surface area contributed by atoms with Crippen LogP contribution in [0.2, 0.25) is 0 Å². The van der Waals surface area contributed by atoms with E-state index < -0.39 is 5.97 Å². The molecule has 3 heterocycles. The van der Waals surface area contributed by atoms with E-state index in [1.54, 1.807) is 24.7 Å². The lowest BCUT2D eigenvalue weighted by Crippen LogP contribution is -2.47. The third-order valence-corrected chi connectivity index (χ3v) is 8.12. The average molecular weight is 527 g/mol. The van der Waals surface area contributed by atoms with Crippen molar-refractivity contribution in [3.05, 3.63) is 77.7 Å². The fourth-order valence-electron chi connectivity index (χ4n) is 6.14. The molecule has 8 nitrogen and oxygen atoms in total. The number of piperidine rings is 1. The fraction of sp³-hybridized carbons (Fsp3) is 0.387. The highest BCUT2D eigenvalue weighted by Crippen LogP contribution is 2.36. The molecule has 0 bridgehead atoms. The van der Waals surface area contributed by atoms with Crippen molar-refractivity contribution < 1.29 is 19.1 Å². The summed E-state index contributed by atoms with van der Waals surface area (Å²) < 4.78 is 7.72. The molecular weight excluding hydrogens is 492 g/mol. The van der Waals surface area contributed by atoms with Crippen LogP contribution in [-0.4, -0.2) is 50.6 Å². The number of aromatic carboxylic acids is 1. The van der Waals surface area contributed by atoms with Gasteiger partial charge in [0, 0.05) is 30.7 Å². The Bertz CT molecular complexity index is 1450. The molecule has 4 aromatic rings. The number of furan rings is 1. The summed E-state index contributed by atoms with van der Waals surface area (Å²) in [5.41, 5.74) is 4.84. The smallest absolute Gasteiger partial charge is 0.335 e. The predicted octanol–water partition coefficient (Wildman–Crippen LogP) is 5.89. The van der Waals surface area contributed by atoms with Crippen LogP contribution in [-0.2, 0) is 6.54 Å². The Morgan fingerprint density at radius 2 is 1.77 bits per heavy atom. The molecule has 39 heavy (non-hydrogen) atoms. The first-order chi connectivity index (χ1) is 19.0. The van der Waals surface area contributed by atoms with Crippen molar-refractivity contribution in [2.45, 2.75) is 63.6 Å². The maximum Gasteiger partial charge on any atom is 0.335 e. The van der Waals surface area contributed by atoms with Gasteiger partial charge in [-0.3, -0.25) is 9.69 Å². The van der Waals surface area contributed by atoms with Gasteiger partial charge < -0.3 is 19.4 Å². The molecule has 2 fully saturated rings. The molecule has 0 radical (unpaired) electrons. The van der Waals surface area contributed by atoms with Gasteiger partial charge >= 0.3 is 5.97 Å². The van der Waals surface area contributed by atoms with Crippen LogP contribution in [0.15, 0.2) is 65.5 Å². The Kier molecular flexibility index (Phi) is 7.20. The lowest BCUT2D eigenvalue weighted by molar-refractivity contribution is 0.0696. The number of fused-ring (bicyclic) bond motifs is 1. The summed E-state index contributed by atoms with van der Waals surface area (Å²) in [5.74, 6) is -0.0897. The van der Waals surface area contributed by atoms with E-state index in [2.05, 4.69) is 14.8 Å². The Morgan fingerprint density at radius 1 is 0.974 bits per heavy atom. The molecule has 2 aromatic carbocycles. The molecule has 6 rings (SSSR count). The van der Waals surface area contributed by atoms with Crippen LogP contribution in [0.4, 0.5) is 0 Å². The number of carboxylic acid groups (broad SMARTS) is 1. The second kappa shape index (κ2) is 11.1. The van der Waals surface area contributed by atoms with E-state index in [9.17, 15) is 9.59 Å². The van der Waals surface area contributed by atoms with Crippen LogP contribution in [0.1, 0.15) is 77.3 Å². The van der Waals surface area contributed by atoms with Gasteiger partial charge in [-0.15, -0.1) is 0 Å². The van der Waals surface area contributed by atoms with Crippen LogP contribution in [0.5, 0.6) is 0 Å². The van der Waals surface area contributed by atoms with E-state index in [0.29, 0.717) is 17.2 Å². The summed E-state index contributed by atoms with van der Waals surface area (Å²) >= 11 is 0. The number of carboxylic acids is 1. The largest absolute Gasteiger partial charge is 0.478 e. The minimum Gasteiger partial charge on any atom is -0.478 e. The summed E-state index contributed by atoms with van der Waals surface area (Å²) in [5, 5.41) is 12.4. The first-order valence-electron chi connectivity index (χ1n) is 13.9. The van der Waals surface area contributed by atoms with Gasteiger partial charge in [-0.05, 0) is 74.2 Å². The third-order valence-electron chi connectivity index (χ3n) is 8.12. The van der Waals surface area contributed by atoms with Crippen molar-refractivity contribution in [1.82, 2.24) is 19.8 Å². The number of rotatable bonds is 7. The van der Waals surface area contributed by atoms with E-state index in [0.717, 1.165) is 73.3 Å². The van der Waals surface area contributed by atoms with Crippen molar-refractivity contribution >= 4 is 22.9 Å². The Morgan fingerprint density at radius 3 is 2.51 bits per heavy atom. The zero-order valence-corrected chi connectivity index (χ0v) is 22.0. The zero-order valence-electron chi connectivity index (χ0n) is 22.0. The maximum atomic E-state index is 13.3. The van der Waals surface area contributed by atoms with Gasteiger partial charge in [0.15, 0.2) is 0 Å². The highest BCUT2D eigenvalue weighted by Gasteiger charge is 2.25. The second-order valence-electron chi connectivity index (χ2n) is 10.9. The van der Waals surface area contributed by atoms with E-state index in [1.807, 2.05) is 36.4 Å². The highest BCUT2D eigenvalue weighted by atomic mass is 16.4. The van der Waals surface area contributed by atoms with Gasteiger partial charge in [-0.2, -0.15) is 0 Å². The van der Waals surface area contributed by atoms with Crippen molar-refractivity contribution in [2.75, 3.05) is 13.1 Å². The number of benzene rings is 2. The summed E-state index contributed by atoms with van der Waals surface area (Å²) in [4.78, 5) is 31.7. The van der Waals surface area contributed by atoms with Crippen LogP contribution in [0.3, 0.4) is 0 Å². The molecule has 1 amide bonds. The van der Waals surface area contributed by atoms with Gasteiger partial charge in [-0.1, -0.05) is 31.4 Å². The van der Waals surface area contributed by atoms with Crippen molar-refractivity contribution in [3.63, 3.8) is 0 Å². The number of carbonyl (C=O) groups is 2. The lowest BCUT2D eigenvalue weighted by atomic mass is 9.95. The molecule has 8 heteroatoms. The molecule has 1 saturated carbocycles. The molecule has 202 valence electrons. The normalized spacial score (nSPS) is 18.8. The fourth-order valence-corrected chi connectivity index (χ4v) is 6.14. The monoisotopic (exact) mass is 526 g/mol. The van der Waals surface area contributed by atoms with Crippen LogP contribution in [0.25, 0.3) is 22.4 Å². The SMILES string of the molecule is O=C(O)c1ccc(CN2CCCC(NC(=O)c3ccc4c(c3)nc(-c3ccoc3)n4C3CCCCC3)C2)cc1. The van der Waals surface area contributed by atoms with Crippen LogP contribution >= 0.6 is 0 Å². The molecule has 1 aliphatic heterocycles. The van der Waals surface area contributed by atoms with Gasteiger partial charge in [0.2, 0.25) is 0 Å². The van der Waals surface area contributed by atoms with Gasteiger partial charge in [-0.25, -0.2) is 9.78 Å². The summed E-state index contributed by atoms with van der Waals surface area (Å²) in [6.45, 7) is 2.44. The minimum atomic E-state index is -0.918. The molecule has 2 aromatic heterocycles. The zero-order chi connectivity index (χ0) is 26.8. The Balaban J connectivity index is 1.17. The summed E-state index contributed by atoms with van der Waals surface area (Å²) in [6.07, 6.45) is 11.4. The molecule has 2 aliphatic rings.